The van der Waals surface area contributed by atoms with Crippen molar-refractivity contribution in [1.29, 1.82) is 0 Å². The van der Waals surface area contributed by atoms with Crippen LogP contribution < -0.4 is 4.74 Å². The molecule has 0 spiro atoms. The lowest BCUT2D eigenvalue weighted by Crippen LogP contribution is -2.16. The average molecular weight is 380 g/mol. The van der Waals surface area contributed by atoms with Crippen LogP contribution in [0, 0.1) is 5.92 Å². The Bertz CT molecular complexity index is 876. The number of aliphatic hydroxyl groups is 2. The van der Waals surface area contributed by atoms with E-state index in [9.17, 15) is 15.0 Å². The maximum Gasteiger partial charge on any atom is 0.303 e. The van der Waals surface area contributed by atoms with E-state index in [2.05, 4.69) is 0 Å². The Labute approximate surface area is 163 Å². The molecule has 3 N–H and O–H groups in total. The first kappa shape index (κ1) is 18.7. The minimum absolute atomic E-state index is 0.00833. The molecule has 1 fully saturated rings. The van der Waals surface area contributed by atoms with Crippen molar-refractivity contribution in [3.05, 3.63) is 77.4 Å². The van der Waals surface area contributed by atoms with Crippen LogP contribution in [0.5, 0.6) is 5.75 Å². The van der Waals surface area contributed by atoms with E-state index in [0.717, 1.165) is 22.4 Å². The number of para-hydroxylation sites is 1. The van der Waals surface area contributed by atoms with Crippen LogP contribution in [-0.4, -0.2) is 33.5 Å². The molecule has 0 bridgehead atoms. The average Bonchev–Trinajstić information content (AvgIpc) is 3.20. The Balaban J connectivity index is 1.57. The number of hydrogen-bond donors (Lipinski definition) is 3. The molecule has 1 aliphatic heterocycles. The van der Waals surface area contributed by atoms with Crippen LogP contribution in [0.25, 0.3) is 0 Å². The summed E-state index contributed by atoms with van der Waals surface area (Å²) in [6.07, 6.45) is 3.25. The number of benzene rings is 2. The highest BCUT2D eigenvalue weighted by molar-refractivity contribution is 5.67. The van der Waals surface area contributed by atoms with E-state index < -0.39 is 18.2 Å². The van der Waals surface area contributed by atoms with Gasteiger partial charge < -0.3 is 20.1 Å². The van der Waals surface area contributed by atoms with Gasteiger partial charge in [0.25, 0.3) is 0 Å². The summed E-state index contributed by atoms with van der Waals surface area (Å²) >= 11 is 0. The Hall–Kier alpha value is -2.63. The molecule has 1 unspecified atom stereocenters. The fourth-order valence-corrected chi connectivity index (χ4v) is 4.40. The molecule has 0 amide bonds. The Morgan fingerprint density at radius 1 is 1.18 bits per heavy atom. The summed E-state index contributed by atoms with van der Waals surface area (Å²) in [5.74, 6) is -0.206. The summed E-state index contributed by atoms with van der Waals surface area (Å²) < 4.78 is 6.14. The molecule has 1 saturated carbocycles. The highest BCUT2D eigenvalue weighted by Crippen LogP contribution is 2.52. The van der Waals surface area contributed by atoms with Gasteiger partial charge in [-0.1, -0.05) is 60.7 Å². The van der Waals surface area contributed by atoms with Gasteiger partial charge in [0.2, 0.25) is 0 Å². The van der Waals surface area contributed by atoms with E-state index in [1.807, 2.05) is 54.6 Å². The minimum atomic E-state index is -0.832. The standard InChI is InChI=1S/C23H24O5/c24-18(14-5-2-1-3-6-14)11-10-16-19(25)13-20-22(16)17-8-4-7-15(23(17)28-20)9-12-21(26)27/h1-8,10-11,16,18-20,22,24-25H,9,12-13H2,(H,26,27)/b11-10+/t16?,18-,19-,20+,22+/m1/s1. The smallest absolute Gasteiger partial charge is 0.303 e. The topological polar surface area (TPSA) is 87.0 Å². The number of carboxylic acids is 1. The van der Waals surface area contributed by atoms with Crippen LogP contribution >= 0.6 is 0 Å². The summed E-state index contributed by atoms with van der Waals surface area (Å²) in [7, 11) is 0. The maximum atomic E-state index is 10.9. The van der Waals surface area contributed by atoms with Gasteiger partial charge in [-0.2, -0.15) is 0 Å². The molecular formula is C23H24O5. The predicted octanol–water partition coefficient (Wildman–Crippen LogP) is 3.22. The molecule has 0 radical (unpaired) electrons. The highest BCUT2D eigenvalue weighted by atomic mass is 16.5. The lowest BCUT2D eigenvalue weighted by atomic mass is 9.86. The molecule has 1 aliphatic carbocycles. The van der Waals surface area contributed by atoms with Crippen molar-refractivity contribution in [3.63, 3.8) is 0 Å². The first-order valence-electron chi connectivity index (χ1n) is 9.64. The zero-order valence-corrected chi connectivity index (χ0v) is 15.4. The number of hydrogen-bond acceptors (Lipinski definition) is 4. The second kappa shape index (κ2) is 7.78. The van der Waals surface area contributed by atoms with E-state index in [1.54, 1.807) is 6.08 Å². The number of aliphatic hydroxyl groups excluding tert-OH is 2. The van der Waals surface area contributed by atoms with Gasteiger partial charge in [0.15, 0.2) is 0 Å². The largest absolute Gasteiger partial charge is 0.489 e. The fraction of sp³-hybridized carbons (Fsp3) is 0.348. The molecule has 2 aromatic rings. The third kappa shape index (κ3) is 3.55. The highest BCUT2D eigenvalue weighted by Gasteiger charge is 2.48. The van der Waals surface area contributed by atoms with Crippen LogP contribution in [0.2, 0.25) is 0 Å². The number of aliphatic carboxylic acids is 1. The van der Waals surface area contributed by atoms with Crippen molar-refractivity contribution >= 4 is 5.97 Å². The molecule has 2 aromatic carbocycles. The summed E-state index contributed by atoms with van der Waals surface area (Å²) in [5, 5.41) is 29.9. The van der Waals surface area contributed by atoms with Crippen molar-refractivity contribution in [2.45, 2.75) is 43.5 Å². The van der Waals surface area contributed by atoms with Gasteiger partial charge in [-0.3, -0.25) is 4.79 Å². The van der Waals surface area contributed by atoms with E-state index >= 15 is 0 Å². The number of carboxylic acid groups (broad SMARTS) is 1. The summed E-state index contributed by atoms with van der Waals surface area (Å²) in [4.78, 5) is 10.9. The predicted molar refractivity (Wildman–Crippen MR) is 104 cm³/mol. The number of fused-ring (bicyclic) bond motifs is 3. The Morgan fingerprint density at radius 3 is 2.71 bits per heavy atom. The van der Waals surface area contributed by atoms with Crippen LogP contribution in [0.1, 0.15) is 41.6 Å². The zero-order chi connectivity index (χ0) is 19.7. The van der Waals surface area contributed by atoms with E-state index in [-0.39, 0.29) is 24.4 Å². The molecule has 0 aromatic heterocycles. The third-order valence-electron chi connectivity index (χ3n) is 5.75. The molecule has 0 saturated heterocycles. The zero-order valence-electron chi connectivity index (χ0n) is 15.4. The molecule has 5 heteroatoms. The number of aryl methyl sites for hydroxylation is 1. The van der Waals surface area contributed by atoms with Gasteiger partial charge in [0.05, 0.1) is 12.2 Å². The first-order chi connectivity index (χ1) is 13.5. The van der Waals surface area contributed by atoms with Gasteiger partial charge in [-0.25, -0.2) is 0 Å². The van der Waals surface area contributed by atoms with Crippen LogP contribution in [0.15, 0.2) is 60.7 Å². The lowest BCUT2D eigenvalue weighted by Gasteiger charge is -2.18. The van der Waals surface area contributed by atoms with Crippen molar-refractivity contribution < 1.29 is 24.9 Å². The summed E-state index contributed by atoms with van der Waals surface area (Å²) in [6.45, 7) is 0. The molecule has 28 heavy (non-hydrogen) atoms. The molecule has 146 valence electrons. The van der Waals surface area contributed by atoms with Crippen LogP contribution in [0.4, 0.5) is 0 Å². The molecule has 1 heterocycles. The number of carbonyl (C=O) groups is 1. The minimum Gasteiger partial charge on any atom is -0.489 e. The second-order valence-corrected chi connectivity index (χ2v) is 7.53. The van der Waals surface area contributed by atoms with Gasteiger partial charge in [0, 0.05) is 30.2 Å². The molecule has 4 rings (SSSR count). The molecule has 2 aliphatic rings. The normalized spacial score (nSPS) is 26.6. The van der Waals surface area contributed by atoms with E-state index in [4.69, 9.17) is 9.84 Å². The third-order valence-corrected chi connectivity index (χ3v) is 5.75. The Morgan fingerprint density at radius 2 is 1.96 bits per heavy atom. The monoisotopic (exact) mass is 380 g/mol. The molecule has 5 nitrogen and oxygen atoms in total. The van der Waals surface area contributed by atoms with Gasteiger partial charge in [-0.15, -0.1) is 0 Å². The quantitative estimate of drug-likeness (QED) is 0.670. The van der Waals surface area contributed by atoms with E-state index in [0.29, 0.717) is 12.8 Å². The number of ether oxygens (including phenoxy) is 1. The summed E-state index contributed by atoms with van der Waals surface area (Å²) in [6, 6.07) is 15.2. The van der Waals surface area contributed by atoms with Crippen molar-refractivity contribution in [1.82, 2.24) is 0 Å². The molecule has 5 atom stereocenters. The molecular weight excluding hydrogens is 356 g/mol. The second-order valence-electron chi connectivity index (χ2n) is 7.53. The first-order valence-corrected chi connectivity index (χ1v) is 9.64. The summed E-state index contributed by atoms with van der Waals surface area (Å²) in [5.41, 5.74) is 2.73. The van der Waals surface area contributed by atoms with Crippen molar-refractivity contribution in [2.75, 3.05) is 0 Å². The van der Waals surface area contributed by atoms with Crippen LogP contribution in [0.3, 0.4) is 0 Å². The maximum absolute atomic E-state index is 10.9. The van der Waals surface area contributed by atoms with Crippen molar-refractivity contribution in [3.8, 4) is 5.75 Å². The lowest BCUT2D eigenvalue weighted by molar-refractivity contribution is -0.136. The van der Waals surface area contributed by atoms with Gasteiger partial charge in [0.1, 0.15) is 11.9 Å². The van der Waals surface area contributed by atoms with Crippen molar-refractivity contribution in [2.24, 2.45) is 5.92 Å². The van der Waals surface area contributed by atoms with Gasteiger partial charge >= 0.3 is 5.97 Å². The number of rotatable bonds is 6. The van der Waals surface area contributed by atoms with Crippen LogP contribution in [-0.2, 0) is 11.2 Å². The fourth-order valence-electron chi connectivity index (χ4n) is 4.40. The van der Waals surface area contributed by atoms with Gasteiger partial charge in [-0.05, 0) is 17.5 Å². The Kier molecular flexibility index (Phi) is 5.20. The SMILES string of the molecule is O=C(O)CCc1cccc2c1O[C@H]1C[C@@H](O)C(/C=C/[C@@H](O)c3ccccc3)[C@@H]21. The van der Waals surface area contributed by atoms with E-state index in [1.165, 1.54) is 0 Å².